The van der Waals surface area contributed by atoms with E-state index in [-0.39, 0.29) is 6.54 Å². The van der Waals surface area contributed by atoms with Gasteiger partial charge in [-0.1, -0.05) is 11.6 Å². The Labute approximate surface area is 105 Å². The van der Waals surface area contributed by atoms with Gasteiger partial charge in [0.25, 0.3) is 0 Å². The average molecular weight is 272 g/mol. The Morgan fingerprint density at radius 3 is 3.00 bits per heavy atom. The Morgan fingerprint density at radius 2 is 2.35 bits per heavy atom. The monoisotopic (exact) mass is 271 g/mol. The van der Waals surface area contributed by atoms with Crippen molar-refractivity contribution >= 4 is 29.3 Å². The smallest absolute Gasteiger partial charge is 0.325 e. The molecule has 2 aromatic rings. The van der Waals surface area contributed by atoms with Crippen LogP contribution in [-0.2, 0) is 11.3 Å². The summed E-state index contributed by atoms with van der Waals surface area (Å²) >= 11 is 6.86. The largest absolute Gasteiger partial charge is 0.480 e. The summed E-state index contributed by atoms with van der Waals surface area (Å²) in [6.45, 7) is -0.289. The molecule has 0 saturated carbocycles. The highest BCUT2D eigenvalue weighted by atomic mass is 35.5. The number of hydrogen-bond acceptors (Lipinski definition) is 6. The van der Waals surface area contributed by atoms with Crippen LogP contribution in [0.25, 0.3) is 0 Å². The molecule has 2 heterocycles. The van der Waals surface area contributed by atoms with Gasteiger partial charge in [0.05, 0.1) is 5.02 Å². The molecule has 0 atom stereocenters. The van der Waals surface area contributed by atoms with Crippen LogP contribution in [-0.4, -0.2) is 36.3 Å². The van der Waals surface area contributed by atoms with Crippen molar-refractivity contribution in [2.45, 2.75) is 16.7 Å². The number of carboxylic acid groups (broad SMARTS) is 1. The van der Waals surface area contributed by atoms with Crippen molar-refractivity contribution in [2.24, 2.45) is 0 Å². The van der Waals surface area contributed by atoms with Crippen LogP contribution in [0.15, 0.2) is 28.5 Å². The predicted molar refractivity (Wildman–Crippen MR) is 58.8 cm³/mol. The van der Waals surface area contributed by atoms with E-state index < -0.39 is 5.97 Å². The number of nitrogens with zero attached hydrogens (tertiary/aromatic N) is 5. The van der Waals surface area contributed by atoms with E-state index in [9.17, 15) is 4.79 Å². The summed E-state index contributed by atoms with van der Waals surface area (Å²) in [5.41, 5.74) is 0. The van der Waals surface area contributed by atoms with Gasteiger partial charge in [0.2, 0.25) is 5.16 Å². The van der Waals surface area contributed by atoms with E-state index >= 15 is 0 Å². The molecule has 2 aromatic heterocycles. The highest BCUT2D eigenvalue weighted by molar-refractivity contribution is 7.99. The fourth-order valence-corrected chi connectivity index (χ4v) is 1.84. The van der Waals surface area contributed by atoms with Crippen LogP contribution in [0.4, 0.5) is 0 Å². The molecule has 0 aliphatic heterocycles. The van der Waals surface area contributed by atoms with Crippen LogP contribution in [0.2, 0.25) is 5.02 Å². The molecule has 0 spiro atoms. The van der Waals surface area contributed by atoms with Gasteiger partial charge in [0.15, 0.2) is 0 Å². The van der Waals surface area contributed by atoms with Crippen molar-refractivity contribution in [3.05, 3.63) is 23.4 Å². The van der Waals surface area contributed by atoms with Gasteiger partial charge in [0.1, 0.15) is 11.6 Å². The lowest BCUT2D eigenvalue weighted by Crippen LogP contribution is -2.11. The van der Waals surface area contributed by atoms with Gasteiger partial charge in [-0.3, -0.25) is 4.79 Å². The summed E-state index contributed by atoms with van der Waals surface area (Å²) in [7, 11) is 0. The van der Waals surface area contributed by atoms with Crippen molar-refractivity contribution < 1.29 is 9.90 Å². The van der Waals surface area contributed by atoms with E-state index in [0.29, 0.717) is 15.2 Å². The van der Waals surface area contributed by atoms with Crippen LogP contribution < -0.4 is 0 Å². The van der Waals surface area contributed by atoms with Crippen LogP contribution in [0.3, 0.4) is 0 Å². The van der Waals surface area contributed by atoms with Gasteiger partial charge in [0, 0.05) is 6.20 Å². The lowest BCUT2D eigenvalue weighted by Gasteiger charge is -2.00. The molecule has 1 N–H and O–H groups in total. The minimum atomic E-state index is -1.01. The third-order valence-electron chi connectivity index (χ3n) is 1.68. The summed E-state index contributed by atoms with van der Waals surface area (Å²) in [5, 5.41) is 20.9. The Kier molecular flexibility index (Phi) is 3.55. The minimum Gasteiger partial charge on any atom is -0.480 e. The van der Waals surface area contributed by atoms with Crippen molar-refractivity contribution in [1.82, 2.24) is 25.2 Å². The second kappa shape index (κ2) is 5.11. The Hall–Kier alpha value is -1.67. The molecular formula is C8H6ClN5O2S. The first kappa shape index (κ1) is 11.8. The van der Waals surface area contributed by atoms with Crippen LogP contribution in [0, 0.1) is 0 Å². The van der Waals surface area contributed by atoms with Crippen LogP contribution in [0.5, 0.6) is 0 Å². The number of carbonyl (C=O) groups is 1. The summed E-state index contributed by atoms with van der Waals surface area (Å²) in [6, 6.07) is 3.38. The Morgan fingerprint density at radius 1 is 1.53 bits per heavy atom. The third-order valence-corrected chi connectivity index (χ3v) is 2.83. The van der Waals surface area contributed by atoms with Gasteiger partial charge in [-0.2, -0.15) is 0 Å². The van der Waals surface area contributed by atoms with Crippen LogP contribution >= 0.6 is 23.4 Å². The predicted octanol–water partition coefficient (Wildman–Crippen LogP) is 0.957. The molecule has 0 aliphatic rings. The SMILES string of the molecule is O=C(O)Cn1nnnc1Sc1ccc(Cl)cn1. The van der Waals surface area contributed by atoms with Crippen molar-refractivity contribution in [2.75, 3.05) is 0 Å². The number of aromatic nitrogens is 5. The Balaban J connectivity index is 2.15. The zero-order chi connectivity index (χ0) is 12.3. The number of carboxylic acids is 1. The standard InChI is InChI=1S/C8H6ClN5O2S/c9-5-1-2-6(10-3-5)17-8-11-12-13-14(8)4-7(15)16/h1-3H,4H2,(H,15,16). The maximum atomic E-state index is 10.6. The molecule has 0 radical (unpaired) electrons. The van der Waals surface area contributed by atoms with Gasteiger partial charge >= 0.3 is 5.97 Å². The van der Waals surface area contributed by atoms with E-state index in [0.717, 1.165) is 0 Å². The quantitative estimate of drug-likeness (QED) is 0.885. The zero-order valence-electron chi connectivity index (χ0n) is 8.32. The van der Waals surface area contributed by atoms with E-state index in [2.05, 4.69) is 20.5 Å². The molecule has 0 unspecified atom stereocenters. The maximum absolute atomic E-state index is 10.6. The second-order valence-electron chi connectivity index (χ2n) is 2.93. The van der Waals surface area contributed by atoms with E-state index in [1.54, 1.807) is 12.1 Å². The first-order chi connectivity index (χ1) is 8.15. The molecule has 2 rings (SSSR count). The molecular weight excluding hydrogens is 266 g/mol. The van der Waals surface area contributed by atoms with Gasteiger partial charge in [-0.15, -0.1) is 5.10 Å². The van der Waals surface area contributed by atoms with Crippen molar-refractivity contribution in [1.29, 1.82) is 0 Å². The maximum Gasteiger partial charge on any atom is 0.325 e. The summed E-state index contributed by atoms with van der Waals surface area (Å²) in [4.78, 5) is 14.6. The van der Waals surface area contributed by atoms with Crippen molar-refractivity contribution in [3.63, 3.8) is 0 Å². The number of pyridine rings is 1. The molecule has 88 valence electrons. The average Bonchev–Trinajstić information content (AvgIpc) is 2.68. The number of halogens is 1. The first-order valence-electron chi connectivity index (χ1n) is 4.42. The fourth-order valence-electron chi connectivity index (χ4n) is 1.01. The number of aliphatic carboxylic acids is 1. The van der Waals surface area contributed by atoms with E-state index in [1.807, 2.05) is 0 Å². The molecule has 0 saturated heterocycles. The van der Waals surface area contributed by atoms with Crippen LogP contribution in [0.1, 0.15) is 0 Å². The van der Waals surface area contributed by atoms with Gasteiger partial charge < -0.3 is 5.11 Å². The molecule has 9 heteroatoms. The van der Waals surface area contributed by atoms with E-state index in [1.165, 1.54) is 22.6 Å². The van der Waals surface area contributed by atoms with Gasteiger partial charge in [-0.05, 0) is 34.3 Å². The van der Waals surface area contributed by atoms with Gasteiger partial charge in [-0.25, -0.2) is 9.67 Å². The molecule has 0 bridgehead atoms. The summed E-state index contributed by atoms with van der Waals surface area (Å²) in [6.07, 6.45) is 1.50. The second-order valence-corrected chi connectivity index (χ2v) is 4.35. The number of tetrazole rings is 1. The molecule has 0 amide bonds. The normalized spacial score (nSPS) is 10.4. The third kappa shape index (κ3) is 3.14. The number of rotatable bonds is 4. The molecule has 7 nitrogen and oxygen atoms in total. The highest BCUT2D eigenvalue weighted by Gasteiger charge is 2.11. The number of hydrogen-bond donors (Lipinski definition) is 1. The van der Waals surface area contributed by atoms with Crippen molar-refractivity contribution in [3.8, 4) is 0 Å². The Bertz CT molecular complexity index is 529. The molecule has 0 aromatic carbocycles. The topological polar surface area (TPSA) is 93.8 Å². The zero-order valence-corrected chi connectivity index (χ0v) is 9.89. The minimum absolute atomic E-state index is 0.289. The lowest BCUT2D eigenvalue weighted by atomic mass is 10.5. The first-order valence-corrected chi connectivity index (χ1v) is 5.62. The fraction of sp³-hybridized carbons (Fsp3) is 0.125. The molecule has 0 aliphatic carbocycles. The lowest BCUT2D eigenvalue weighted by molar-refractivity contribution is -0.138. The summed E-state index contributed by atoms with van der Waals surface area (Å²) < 4.78 is 1.18. The van der Waals surface area contributed by atoms with E-state index in [4.69, 9.17) is 16.7 Å². The highest BCUT2D eigenvalue weighted by Crippen LogP contribution is 2.23. The summed E-state index contributed by atoms with van der Waals surface area (Å²) in [5.74, 6) is -1.01. The molecule has 17 heavy (non-hydrogen) atoms. The molecule has 0 fully saturated rings.